The van der Waals surface area contributed by atoms with Gasteiger partial charge in [0.05, 0.1) is 10.8 Å². The molecule has 0 saturated carbocycles. The second kappa shape index (κ2) is 6.54. The van der Waals surface area contributed by atoms with E-state index in [0.717, 1.165) is 33.6 Å². The van der Waals surface area contributed by atoms with Crippen LogP contribution < -0.4 is 5.32 Å². The summed E-state index contributed by atoms with van der Waals surface area (Å²) in [5.74, 6) is -0.750. The lowest BCUT2D eigenvalue weighted by Crippen LogP contribution is -2.36. The van der Waals surface area contributed by atoms with Crippen molar-refractivity contribution in [2.45, 2.75) is 19.7 Å². The van der Waals surface area contributed by atoms with Gasteiger partial charge in [0, 0.05) is 0 Å². The largest absolute Gasteiger partial charge is 0.299 e. The molecular weight excluding hydrogens is 336 g/mol. The standard InChI is InChI=1S/C11H11ClN4O3S2/c1-5(2)8-9(18)16(11(19)21-8)4-6(17)13-10-15-14-7(3-12)20-10/h3-4H2,1-2H3,(H,13,15,17). The van der Waals surface area contributed by atoms with E-state index < -0.39 is 17.1 Å². The van der Waals surface area contributed by atoms with E-state index in [1.165, 1.54) is 0 Å². The Morgan fingerprint density at radius 3 is 2.57 bits per heavy atom. The fourth-order valence-corrected chi connectivity index (χ4v) is 3.16. The van der Waals surface area contributed by atoms with Gasteiger partial charge in [-0.05, 0) is 25.6 Å². The molecule has 3 amide bonds. The van der Waals surface area contributed by atoms with Gasteiger partial charge in [-0.3, -0.25) is 24.6 Å². The van der Waals surface area contributed by atoms with Gasteiger partial charge in [-0.2, -0.15) is 0 Å². The number of alkyl halides is 1. The fourth-order valence-electron chi connectivity index (χ4n) is 1.50. The van der Waals surface area contributed by atoms with Crippen LogP contribution in [0.15, 0.2) is 10.5 Å². The first-order chi connectivity index (χ1) is 9.92. The second-order valence-corrected chi connectivity index (χ2v) is 6.56. The second-order valence-electron chi connectivity index (χ2n) is 4.27. The van der Waals surface area contributed by atoms with E-state index in [4.69, 9.17) is 11.6 Å². The zero-order valence-electron chi connectivity index (χ0n) is 11.2. The number of hydrogen-bond donors (Lipinski definition) is 1. The summed E-state index contributed by atoms with van der Waals surface area (Å²) >= 11 is 7.57. The topological polar surface area (TPSA) is 92.3 Å². The summed E-state index contributed by atoms with van der Waals surface area (Å²) in [6.45, 7) is 3.13. The maximum absolute atomic E-state index is 12.0. The highest BCUT2D eigenvalue weighted by molar-refractivity contribution is 8.18. The number of anilines is 1. The lowest BCUT2D eigenvalue weighted by Gasteiger charge is -2.11. The molecular formula is C11H11ClN4O3S2. The predicted molar refractivity (Wildman–Crippen MR) is 81.2 cm³/mol. The molecule has 1 aromatic heterocycles. The van der Waals surface area contributed by atoms with Crippen molar-refractivity contribution in [1.29, 1.82) is 0 Å². The molecule has 1 aliphatic rings. The zero-order valence-corrected chi connectivity index (χ0v) is 13.6. The van der Waals surface area contributed by atoms with Gasteiger partial charge in [0.2, 0.25) is 11.0 Å². The van der Waals surface area contributed by atoms with Crippen molar-refractivity contribution in [2.75, 3.05) is 11.9 Å². The van der Waals surface area contributed by atoms with Gasteiger partial charge < -0.3 is 0 Å². The Kier molecular flexibility index (Phi) is 4.96. The highest BCUT2D eigenvalue weighted by atomic mass is 35.5. The fraction of sp³-hybridized carbons (Fsp3) is 0.364. The Morgan fingerprint density at radius 1 is 1.33 bits per heavy atom. The van der Waals surface area contributed by atoms with Gasteiger partial charge in [-0.15, -0.1) is 21.8 Å². The lowest BCUT2D eigenvalue weighted by molar-refractivity contribution is -0.127. The SMILES string of the molecule is CC(C)=C1SC(=O)N(CC(=O)Nc2nnc(CCl)s2)C1=O. The van der Waals surface area contributed by atoms with Gasteiger partial charge in [0.15, 0.2) is 0 Å². The molecule has 1 aliphatic heterocycles. The molecule has 0 aromatic carbocycles. The highest BCUT2D eigenvalue weighted by Gasteiger charge is 2.36. The number of allylic oxidation sites excluding steroid dienone is 1. The van der Waals surface area contributed by atoms with Crippen LogP contribution in [0.5, 0.6) is 0 Å². The normalized spacial score (nSPS) is 14.8. The molecule has 0 atom stereocenters. The number of carbonyl (C=O) groups excluding carboxylic acids is 3. The minimum absolute atomic E-state index is 0.206. The highest BCUT2D eigenvalue weighted by Crippen LogP contribution is 2.32. The number of nitrogens with one attached hydrogen (secondary N) is 1. The van der Waals surface area contributed by atoms with Crippen molar-refractivity contribution < 1.29 is 14.4 Å². The van der Waals surface area contributed by atoms with E-state index in [-0.39, 0.29) is 17.6 Å². The molecule has 0 radical (unpaired) electrons. The van der Waals surface area contributed by atoms with Crippen LogP contribution in [0.4, 0.5) is 9.93 Å². The smallest absolute Gasteiger partial charge is 0.294 e. The predicted octanol–water partition coefficient (Wildman–Crippen LogP) is 2.20. The zero-order chi connectivity index (χ0) is 15.6. The number of rotatable bonds is 4. The minimum atomic E-state index is -0.510. The van der Waals surface area contributed by atoms with Crippen LogP contribution >= 0.6 is 34.7 Å². The van der Waals surface area contributed by atoms with Crippen molar-refractivity contribution in [3.8, 4) is 0 Å². The van der Waals surface area contributed by atoms with E-state index in [1.807, 2.05) is 0 Å². The molecule has 0 spiro atoms. The third kappa shape index (κ3) is 3.60. The van der Waals surface area contributed by atoms with Crippen LogP contribution in [0.3, 0.4) is 0 Å². The third-order valence-electron chi connectivity index (χ3n) is 2.43. The van der Waals surface area contributed by atoms with Crippen LogP contribution in [0.25, 0.3) is 0 Å². The number of carbonyl (C=O) groups is 3. The molecule has 10 heteroatoms. The number of thioether (sulfide) groups is 1. The monoisotopic (exact) mass is 346 g/mol. The Morgan fingerprint density at radius 2 is 2.05 bits per heavy atom. The van der Waals surface area contributed by atoms with Crippen molar-refractivity contribution >= 4 is 56.9 Å². The van der Waals surface area contributed by atoms with Crippen LogP contribution in [0.1, 0.15) is 18.9 Å². The number of halogens is 1. The Labute approximate surface area is 133 Å². The molecule has 1 N–H and O–H groups in total. The summed E-state index contributed by atoms with van der Waals surface area (Å²) in [5.41, 5.74) is 0.747. The van der Waals surface area contributed by atoms with Gasteiger partial charge in [-0.25, -0.2) is 0 Å². The Bertz CT molecular complexity index is 639. The van der Waals surface area contributed by atoms with Crippen LogP contribution in [0, 0.1) is 0 Å². The van der Waals surface area contributed by atoms with Crippen LogP contribution in [-0.4, -0.2) is 38.7 Å². The summed E-state index contributed by atoms with van der Waals surface area (Å²) in [6, 6.07) is 0. The molecule has 0 aliphatic carbocycles. The quantitative estimate of drug-likeness (QED) is 0.663. The summed E-state index contributed by atoms with van der Waals surface area (Å²) in [5, 5.41) is 10.4. The Balaban J connectivity index is 2.01. The molecule has 0 bridgehead atoms. The van der Waals surface area contributed by atoms with Crippen molar-refractivity contribution in [2.24, 2.45) is 0 Å². The molecule has 1 fully saturated rings. The minimum Gasteiger partial charge on any atom is -0.299 e. The van der Waals surface area contributed by atoms with Gasteiger partial charge >= 0.3 is 0 Å². The van der Waals surface area contributed by atoms with E-state index >= 15 is 0 Å². The average molecular weight is 347 g/mol. The van der Waals surface area contributed by atoms with Gasteiger partial charge in [0.1, 0.15) is 11.6 Å². The molecule has 112 valence electrons. The first-order valence-corrected chi connectivity index (χ1v) is 7.98. The van der Waals surface area contributed by atoms with E-state index in [0.29, 0.717) is 9.91 Å². The molecule has 1 aromatic rings. The molecule has 2 heterocycles. The van der Waals surface area contributed by atoms with Crippen molar-refractivity contribution in [3.05, 3.63) is 15.5 Å². The summed E-state index contributed by atoms with van der Waals surface area (Å²) in [7, 11) is 0. The molecule has 2 rings (SSSR count). The van der Waals surface area contributed by atoms with Crippen molar-refractivity contribution in [1.82, 2.24) is 15.1 Å². The van der Waals surface area contributed by atoms with E-state index in [1.54, 1.807) is 13.8 Å². The lowest BCUT2D eigenvalue weighted by atomic mass is 10.3. The van der Waals surface area contributed by atoms with Crippen molar-refractivity contribution in [3.63, 3.8) is 0 Å². The molecule has 7 nitrogen and oxygen atoms in total. The summed E-state index contributed by atoms with van der Waals surface area (Å²) < 4.78 is 0. The molecule has 21 heavy (non-hydrogen) atoms. The number of aromatic nitrogens is 2. The number of nitrogens with zero attached hydrogens (tertiary/aromatic N) is 3. The van der Waals surface area contributed by atoms with Crippen LogP contribution in [0.2, 0.25) is 0 Å². The molecule has 1 saturated heterocycles. The average Bonchev–Trinajstić information content (AvgIpc) is 2.98. The Hall–Kier alpha value is -1.45. The first kappa shape index (κ1) is 15.9. The maximum atomic E-state index is 12.0. The summed E-state index contributed by atoms with van der Waals surface area (Å²) in [4.78, 5) is 36.9. The molecule has 0 unspecified atom stereocenters. The third-order valence-corrected chi connectivity index (χ3v) is 4.86. The summed E-state index contributed by atoms with van der Waals surface area (Å²) in [6.07, 6.45) is 0. The maximum Gasteiger partial charge on any atom is 0.294 e. The first-order valence-electron chi connectivity index (χ1n) is 5.81. The van der Waals surface area contributed by atoms with Gasteiger partial charge in [-0.1, -0.05) is 16.9 Å². The van der Waals surface area contributed by atoms with E-state index in [9.17, 15) is 14.4 Å². The van der Waals surface area contributed by atoms with Crippen LogP contribution in [-0.2, 0) is 15.5 Å². The number of amides is 3. The number of hydrogen-bond acceptors (Lipinski definition) is 7. The van der Waals surface area contributed by atoms with Gasteiger partial charge in [0.25, 0.3) is 11.1 Å². The van der Waals surface area contributed by atoms with E-state index in [2.05, 4.69) is 15.5 Å². The number of imide groups is 1.